The zero-order chi connectivity index (χ0) is 10.7. The first-order valence-electron chi connectivity index (χ1n) is 3.96. The van der Waals surface area contributed by atoms with E-state index in [4.69, 9.17) is 0 Å². The molecule has 2 aromatic heterocycles. The lowest BCUT2D eigenvalue weighted by Gasteiger charge is -2.00. The first kappa shape index (κ1) is 10.2. The maximum atomic E-state index is 11.7. The Morgan fingerprint density at radius 1 is 1.53 bits per heavy atom. The van der Waals surface area contributed by atoms with Crippen LogP contribution in [0.4, 0.5) is 5.00 Å². The van der Waals surface area contributed by atoms with E-state index in [0.717, 1.165) is 11.5 Å². The highest BCUT2D eigenvalue weighted by molar-refractivity contribution is 9.10. The molecule has 76 valence electrons. The molecule has 0 atom stereocenters. The molecule has 0 saturated carbocycles. The van der Waals surface area contributed by atoms with E-state index >= 15 is 0 Å². The molecule has 0 aliphatic heterocycles. The van der Waals surface area contributed by atoms with E-state index in [1.807, 2.05) is 0 Å². The van der Waals surface area contributed by atoms with Gasteiger partial charge < -0.3 is 5.32 Å². The fourth-order valence-corrected chi connectivity index (χ4v) is 1.73. The van der Waals surface area contributed by atoms with Gasteiger partial charge in [0, 0.05) is 23.3 Å². The minimum absolute atomic E-state index is 0.204. The number of rotatable bonds is 2. The lowest BCUT2D eigenvalue weighted by Crippen LogP contribution is -2.10. The average molecular weight is 285 g/mol. The Bertz CT molecular complexity index is 473. The van der Waals surface area contributed by atoms with E-state index in [1.54, 1.807) is 18.3 Å². The lowest BCUT2D eigenvalue weighted by atomic mass is 10.2. The monoisotopic (exact) mass is 284 g/mol. The van der Waals surface area contributed by atoms with Crippen molar-refractivity contribution >= 4 is 38.4 Å². The average Bonchev–Trinajstić information content (AvgIpc) is 2.70. The predicted molar refractivity (Wildman–Crippen MR) is 59.8 cm³/mol. The highest BCUT2D eigenvalue weighted by Crippen LogP contribution is 2.13. The van der Waals surface area contributed by atoms with E-state index in [9.17, 15) is 4.79 Å². The Balaban J connectivity index is 2.15. The number of hydrogen-bond acceptors (Lipinski definition) is 5. The third-order valence-corrected chi connectivity index (χ3v) is 2.60. The molecule has 0 saturated heterocycles. The standard InChI is InChI=1S/C8H5BrN4OS/c9-6-3-5(1-2-10-6)8(14)12-7-4-11-13-15-7/h1-4H,(H,12,14). The van der Waals surface area contributed by atoms with Gasteiger partial charge in [-0.15, -0.1) is 5.10 Å². The number of nitrogens with zero attached hydrogens (tertiary/aromatic N) is 3. The largest absolute Gasteiger partial charge is 0.311 e. The molecule has 0 bridgehead atoms. The molecule has 0 fully saturated rings. The first-order valence-corrected chi connectivity index (χ1v) is 5.52. The van der Waals surface area contributed by atoms with Gasteiger partial charge in [-0.05, 0) is 28.1 Å². The van der Waals surface area contributed by atoms with Crippen molar-refractivity contribution in [2.24, 2.45) is 0 Å². The fourth-order valence-electron chi connectivity index (χ4n) is 0.950. The molecule has 2 aromatic rings. The van der Waals surface area contributed by atoms with Gasteiger partial charge in [0.2, 0.25) is 0 Å². The number of aromatic nitrogens is 3. The second-order valence-electron chi connectivity index (χ2n) is 2.60. The van der Waals surface area contributed by atoms with Gasteiger partial charge in [-0.1, -0.05) is 4.49 Å². The normalized spacial score (nSPS) is 9.93. The minimum atomic E-state index is -0.204. The molecule has 7 heteroatoms. The van der Waals surface area contributed by atoms with Crippen LogP contribution in [0.1, 0.15) is 10.4 Å². The number of amides is 1. The fraction of sp³-hybridized carbons (Fsp3) is 0. The molecule has 0 aromatic carbocycles. The van der Waals surface area contributed by atoms with Gasteiger partial charge in [0.25, 0.3) is 5.91 Å². The lowest BCUT2D eigenvalue weighted by molar-refractivity contribution is 0.102. The molecule has 0 spiro atoms. The van der Waals surface area contributed by atoms with Crippen molar-refractivity contribution < 1.29 is 4.79 Å². The second kappa shape index (κ2) is 4.45. The quantitative estimate of drug-likeness (QED) is 0.856. The van der Waals surface area contributed by atoms with Crippen LogP contribution in [-0.4, -0.2) is 20.5 Å². The van der Waals surface area contributed by atoms with E-state index in [0.29, 0.717) is 15.2 Å². The number of carbonyl (C=O) groups excluding carboxylic acids is 1. The Morgan fingerprint density at radius 2 is 2.40 bits per heavy atom. The second-order valence-corrected chi connectivity index (χ2v) is 4.20. The zero-order valence-corrected chi connectivity index (χ0v) is 9.75. The third-order valence-electron chi connectivity index (χ3n) is 1.59. The highest BCUT2D eigenvalue weighted by atomic mass is 79.9. The predicted octanol–water partition coefficient (Wildman–Crippen LogP) is 1.95. The highest BCUT2D eigenvalue weighted by Gasteiger charge is 2.07. The molecule has 15 heavy (non-hydrogen) atoms. The first-order chi connectivity index (χ1) is 7.25. The van der Waals surface area contributed by atoms with Crippen LogP contribution in [0, 0.1) is 0 Å². The van der Waals surface area contributed by atoms with Gasteiger partial charge in [-0.2, -0.15) is 0 Å². The van der Waals surface area contributed by atoms with Crippen LogP contribution in [0.15, 0.2) is 29.1 Å². The van der Waals surface area contributed by atoms with Gasteiger partial charge in [0.1, 0.15) is 9.60 Å². The molecule has 2 rings (SSSR count). The van der Waals surface area contributed by atoms with Crippen LogP contribution in [0.3, 0.4) is 0 Å². The summed E-state index contributed by atoms with van der Waals surface area (Å²) in [5.41, 5.74) is 0.533. The summed E-state index contributed by atoms with van der Waals surface area (Å²) in [6.07, 6.45) is 3.06. The van der Waals surface area contributed by atoms with E-state index in [-0.39, 0.29) is 5.91 Å². The van der Waals surface area contributed by atoms with E-state index < -0.39 is 0 Å². The summed E-state index contributed by atoms with van der Waals surface area (Å²) in [4.78, 5) is 15.6. The van der Waals surface area contributed by atoms with Gasteiger partial charge >= 0.3 is 0 Å². The molecule has 1 amide bonds. The SMILES string of the molecule is O=C(Nc1cnns1)c1ccnc(Br)c1. The van der Waals surface area contributed by atoms with Crippen LogP contribution >= 0.6 is 27.5 Å². The Kier molecular flexibility index (Phi) is 3.02. The summed E-state index contributed by atoms with van der Waals surface area (Å²) >= 11 is 4.32. The number of halogens is 1. The summed E-state index contributed by atoms with van der Waals surface area (Å²) in [5, 5.41) is 6.91. The Labute approximate surface area is 97.8 Å². The van der Waals surface area contributed by atoms with Crippen LogP contribution in [0.2, 0.25) is 0 Å². The minimum Gasteiger partial charge on any atom is -0.311 e. The topological polar surface area (TPSA) is 67.8 Å². The molecular formula is C8H5BrN4OS. The van der Waals surface area contributed by atoms with Crippen LogP contribution < -0.4 is 5.32 Å². The molecule has 1 N–H and O–H groups in total. The molecule has 5 nitrogen and oxygen atoms in total. The Morgan fingerprint density at radius 3 is 3.07 bits per heavy atom. The summed E-state index contributed by atoms with van der Waals surface area (Å²) in [5.74, 6) is -0.204. The van der Waals surface area contributed by atoms with Crippen molar-refractivity contribution in [2.45, 2.75) is 0 Å². The van der Waals surface area contributed by atoms with Crippen LogP contribution in [0.5, 0.6) is 0 Å². The summed E-state index contributed by atoms with van der Waals surface area (Å²) in [7, 11) is 0. The smallest absolute Gasteiger partial charge is 0.256 e. The van der Waals surface area contributed by atoms with Crippen molar-refractivity contribution in [3.63, 3.8) is 0 Å². The van der Waals surface area contributed by atoms with Gasteiger partial charge in [0.15, 0.2) is 0 Å². The molecule has 0 aliphatic carbocycles. The van der Waals surface area contributed by atoms with Crippen LogP contribution in [0.25, 0.3) is 0 Å². The van der Waals surface area contributed by atoms with E-state index in [2.05, 4.69) is 35.8 Å². The Hall–Kier alpha value is -1.34. The third kappa shape index (κ3) is 2.57. The number of anilines is 1. The zero-order valence-electron chi connectivity index (χ0n) is 7.35. The van der Waals surface area contributed by atoms with E-state index in [1.165, 1.54) is 6.20 Å². The van der Waals surface area contributed by atoms with Crippen LogP contribution in [-0.2, 0) is 0 Å². The maximum Gasteiger partial charge on any atom is 0.256 e. The summed E-state index contributed by atoms with van der Waals surface area (Å²) < 4.78 is 4.26. The summed E-state index contributed by atoms with van der Waals surface area (Å²) in [6.45, 7) is 0. The van der Waals surface area contributed by atoms with Gasteiger partial charge in [0.05, 0.1) is 6.20 Å². The van der Waals surface area contributed by atoms with Crippen molar-refractivity contribution in [3.8, 4) is 0 Å². The van der Waals surface area contributed by atoms with Crippen molar-refractivity contribution in [1.82, 2.24) is 14.6 Å². The van der Waals surface area contributed by atoms with Gasteiger partial charge in [-0.3, -0.25) is 4.79 Å². The van der Waals surface area contributed by atoms with Gasteiger partial charge in [-0.25, -0.2) is 4.98 Å². The van der Waals surface area contributed by atoms with Crippen molar-refractivity contribution in [2.75, 3.05) is 5.32 Å². The van der Waals surface area contributed by atoms with Crippen molar-refractivity contribution in [3.05, 3.63) is 34.7 Å². The maximum absolute atomic E-state index is 11.7. The molecular weight excluding hydrogens is 280 g/mol. The molecule has 0 aliphatic rings. The summed E-state index contributed by atoms with van der Waals surface area (Å²) in [6, 6.07) is 3.28. The number of hydrogen-bond donors (Lipinski definition) is 1. The number of pyridine rings is 1. The number of carbonyl (C=O) groups is 1. The molecule has 0 unspecified atom stereocenters. The molecule has 0 radical (unpaired) electrons. The molecule has 2 heterocycles. The van der Waals surface area contributed by atoms with Crippen molar-refractivity contribution in [1.29, 1.82) is 0 Å². The number of nitrogens with one attached hydrogen (secondary N) is 1.